The zero-order valence-corrected chi connectivity index (χ0v) is 25.4. The highest BCUT2D eigenvalue weighted by Crippen LogP contribution is 2.26. The summed E-state index contributed by atoms with van der Waals surface area (Å²) >= 11 is 1.26. The summed E-state index contributed by atoms with van der Waals surface area (Å²) in [5, 5.41) is 10.3. The Morgan fingerprint density at radius 1 is 1.11 bits per heavy atom. The molecule has 0 aliphatic carbocycles. The van der Waals surface area contributed by atoms with Crippen LogP contribution in [0.3, 0.4) is 0 Å². The summed E-state index contributed by atoms with van der Waals surface area (Å²) in [7, 11) is 1.57. The van der Waals surface area contributed by atoms with E-state index in [0.717, 1.165) is 16.7 Å². The average Bonchev–Trinajstić information content (AvgIpc) is 3.47. The zero-order chi connectivity index (χ0) is 32.4. The molecule has 3 amide bonds. The van der Waals surface area contributed by atoms with Gasteiger partial charge in [-0.05, 0) is 66.3 Å². The van der Waals surface area contributed by atoms with Crippen molar-refractivity contribution in [2.45, 2.75) is 33.4 Å². The number of anilines is 3. The van der Waals surface area contributed by atoms with Crippen LogP contribution >= 0.6 is 11.8 Å². The van der Waals surface area contributed by atoms with Gasteiger partial charge in [0.15, 0.2) is 5.17 Å². The lowest BCUT2D eigenvalue weighted by molar-refractivity contribution is -0.274. The number of alkyl halides is 3. The van der Waals surface area contributed by atoms with E-state index in [1.165, 1.54) is 51.9 Å². The molecule has 0 aliphatic heterocycles. The Hall–Kier alpha value is -4.89. The number of aliphatic imine (C=N–C) groups is 1. The first-order chi connectivity index (χ1) is 21.6. The van der Waals surface area contributed by atoms with Gasteiger partial charge in [-0.1, -0.05) is 43.0 Å². The van der Waals surface area contributed by atoms with Crippen molar-refractivity contribution in [1.82, 2.24) is 14.8 Å². The van der Waals surface area contributed by atoms with Gasteiger partial charge in [-0.15, -0.1) is 18.3 Å². The highest BCUT2D eigenvalue weighted by molar-refractivity contribution is 8.14. The van der Waals surface area contributed by atoms with Gasteiger partial charge in [0, 0.05) is 24.9 Å². The van der Waals surface area contributed by atoms with E-state index in [0.29, 0.717) is 41.7 Å². The molecular formula is C30H30F3N7O4S. The number of aryl methyl sites for hydroxylation is 1. The van der Waals surface area contributed by atoms with Crippen LogP contribution in [0.15, 0.2) is 78.0 Å². The number of rotatable bonds is 11. The Labute approximate surface area is 261 Å². The van der Waals surface area contributed by atoms with Gasteiger partial charge in [0.25, 0.3) is 0 Å². The minimum atomic E-state index is -4.77. The molecule has 0 unspecified atom stereocenters. The van der Waals surface area contributed by atoms with Crippen molar-refractivity contribution in [1.29, 1.82) is 0 Å². The molecule has 4 rings (SSSR count). The molecule has 4 aromatic rings. The van der Waals surface area contributed by atoms with Gasteiger partial charge in [-0.2, -0.15) is 4.99 Å². The van der Waals surface area contributed by atoms with E-state index in [-0.39, 0.29) is 17.5 Å². The Morgan fingerprint density at radius 2 is 1.84 bits per heavy atom. The number of carbonyl (C=O) groups is 2. The maximum Gasteiger partial charge on any atom is 0.573 e. The second-order valence-corrected chi connectivity index (χ2v) is 10.6. The van der Waals surface area contributed by atoms with E-state index in [1.54, 1.807) is 31.4 Å². The van der Waals surface area contributed by atoms with Crippen LogP contribution in [0, 0.1) is 6.92 Å². The number of hydrogen-bond acceptors (Lipinski definition) is 8. The van der Waals surface area contributed by atoms with Gasteiger partial charge >= 0.3 is 12.4 Å². The maximum atomic E-state index is 12.9. The van der Waals surface area contributed by atoms with Crippen LogP contribution in [-0.2, 0) is 22.7 Å². The summed E-state index contributed by atoms with van der Waals surface area (Å²) in [6, 6.07) is 17.2. The lowest BCUT2D eigenvalue weighted by Crippen LogP contribution is -2.30. The molecule has 11 nitrogen and oxygen atoms in total. The van der Waals surface area contributed by atoms with Crippen LogP contribution < -0.4 is 20.3 Å². The molecule has 45 heavy (non-hydrogen) atoms. The van der Waals surface area contributed by atoms with E-state index in [4.69, 9.17) is 4.74 Å². The number of methoxy groups -OCH3 is 1. The number of benzene rings is 3. The molecule has 0 aliphatic rings. The number of ether oxygens (including phenoxy) is 2. The molecule has 0 saturated carbocycles. The van der Waals surface area contributed by atoms with Crippen molar-refractivity contribution in [2.24, 2.45) is 4.99 Å². The van der Waals surface area contributed by atoms with E-state index >= 15 is 0 Å². The standard InChI is InChI=1S/C30H30F3N7O4S/c1-4-45-29(39(19-41)26-15-20(2)5-8-22(26)17-43-3)37-28(42)36-23-9-6-21(7-10-23)16-34-27-35-18-40(38-27)24-11-13-25(14-12-24)44-30(31,32)33/h5-15,18-19H,4,16-17H2,1-3H3,(H,34,38)(H,36,42). The molecular weight excluding hydrogens is 611 g/mol. The molecule has 3 aromatic carbocycles. The third kappa shape index (κ3) is 9.55. The Balaban J connectivity index is 1.37. The highest BCUT2D eigenvalue weighted by atomic mass is 32.2. The van der Waals surface area contributed by atoms with Crippen molar-refractivity contribution in [3.63, 3.8) is 0 Å². The number of amides is 3. The smallest absolute Gasteiger partial charge is 0.406 e. The summed E-state index contributed by atoms with van der Waals surface area (Å²) in [4.78, 5) is 34.7. The van der Waals surface area contributed by atoms with Crippen LogP contribution in [-0.4, -0.2) is 51.6 Å². The number of urea groups is 1. The number of aromatic nitrogens is 3. The number of nitrogens with zero attached hydrogens (tertiary/aromatic N) is 5. The zero-order valence-electron chi connectivity index (χ0n) is 24.5. The quantitative estimate of drug-likeness (QED) is 0.108. The van der Waals surface area contributed by atoms with Crippen LogP contribution in [0.1, 0.15) is 23.6 Å². The van der Waals surface area contributed by atoms with Crippen LogP contribution in [0.4, 0.5) is 35.3 Å². The van der Waals surface area contributed by atoms with E-state index < -0.39 is 12.4 Å². The van der Waals surface area contributed by atoms with Crippen LogP contribution in [0.5, 0.6) is 5.75 Å². The van der Waals surface area contributed by atoms with Gasteiger partial charge in [-0.3, -0.25) is 9.69 Å². The van der Waals surface area contributed by atoms with Gasteiger partial charge in [-0.25, -0.2) is 14.5 Å². The largest absolute Gasteiger partial charge is 0.573 e. The molecule has 1 heterocycles. The van der Waals surface area contributed by atoms with Crippen LogP contribution in [0.25, 0.3) is 5.69 Å². The molecule has 236 valence electrons. The molecule has 2 N–H and O–H groups in total. The fraction of sp³-hybridized carbons (Fsp3) is 0.233. The highest BCUT2D eigenvalue weighted by Gasteiger charge is 2.31. The van der Waals surface area contributed by atoms with Crippen molar-refractivity contribution < 1.29 is 32.2 Å². The fourth-order valence-electron chi connectivity index (χ4n) is 4.06. The monoisotopic (exact) mass is 641 g/mol. The Morgan fingerprint density at radius 3 is 2.49 bits per heavy atom. The molecule has 0 saturated heterocycles. The van der Waals surface area contributed by atoms with E-state index in [1.807, 2.05) is 32.0 Å². The first kappa shape index (κ1) is 33.0. The molecule has 0 fully saturated rings. The van der Waals surface area contributed by atoms with E-state index in [9.17, 15) is 22.8 Å². The Kier molecular flexibility index (Phi) is 11.2. The summed E-state index contributed by atoms with van der Waals surface area (Å²) in [5.74, 6) is 0.554. The molecule has 15 heteroatoms. The molecule has 0 radical (unpaired) electrons. The number of nitrogens with one attached hydrogen (secondary N) is 2. The second kappa shape index (κ2) is 15.2. The van der Waals surface area contributed by atoms with Gasteiger partial charge < -0.3 is 20.1 Å². The minimum Gasteiger partial charge on any atom is -0.406 e. The number of thioether (sulfide) groups is 1. The Bertz CT molecular complexity index is 1630. The van der Waals surface area contributed by atoms with Crippen molar-refractivity contribution in [3.05, 3.63) is 89.7 Å². The molecule has 1 aromatic heterocycles. The number of amidine groups is 1. The summed E-state index contributed by atoms with van der Waals surface area (Å²) < 4.78 is 47.7. The summed E-state index contributed by atoms with van der Waals surface area (Å²) in [6.45, 7) is 4.45. The maximum absolute atomic E-state index is 12.9. The van der Waals surface area contributed by atoms with Crippen molar-refractivity contribution in [2.75, 3.05) is 28.4 Å². The molecule has 0 atom stereocenters. The van der Waals surface area contributed by atoms with E-state index in [2.05, 4.69) is 30.4 Å². The van der Waals surface area contributed by atoms with Crippen molar-refractivity contribution >= 4 is 46.7 Å². The molecule has 0 spiro atoms. The first-order valence-electron chi connectivity index (χ1n) is 13.5. The number of hydrogen-bond donors (Lipinski definition) is 2. The summed E-state index contributed by atoms with van der Waals surface area (Å²) in [6.07, 6.45) is -2.71. The van der Waals surface area contributed by atoms with Gasteiger partial charge in [0.1, 0.15) is 12.1 Å². The lowest BCUT2D eigenvalue weighted by atomic mass is 10.1. The fourth-order valence-corrected chi connectivity index (χ4v) is 4.75. The third-order valence-corrected chi connectivity index (χ3v) is 6.90. The summed E-state index contributed by atoms with van der Waals surface area (Å²) in [5.41, 5.74) is 4.17. The van der Waals surface area contributed by atoms with Gasteiger partial charge in [0.05, 0.1) is 18.0 Å². The van der Waals surface area contributed by atoms with Crippen molar-refractivity contribution in [3.8, 4) is 11.4 Å². The van der Waals surface area contributed by atoms with Crippen LogP contribution in [0.2, 0.25) is 0 Å². The minimum absolute atomic E-state index is 0.228. The average molecular weight is 642 g/mol. The molecule has 0 bridgehead atoms. The second-order valence-electron chi connectivity index (χ2n) is 9.40. The number of carbonyl (C=O) groups excluding carboxylic acids is 2. The normalized spacial score (nSPS) is 11.6. The van der Waals surface area contributed by atoms with Gasteiger partial charge in [0.2, 0.25) is 12.4 Å². The first-order valence-corrected chi connectivity index (χ1v) is 14.5. The topological polar surface area (TPSA) is 123 Å². The number of halogens is 3. The lowest BCUT2D eigenvalue weighted by Gasteiger charge is -2.22. The predicted octanol–water partition coefficient (Wildman–Crippen LogP) is 6.54. The predicted molar refractivity (Wildman–Crippen MR) is 167 cm³/mol. The third-order valence-electron chi connectivity index (χ3n) is 6.06. The SMILES string of the molecule is CCSC(=NC(=O)Nc1ccc(CNc2ncn(-c3ccc(OC(F)(F)F)cc3)n2)cc1)N(C=O)c1cc(C)ccc1COC.